The van der Waals surface area contributed by atoms with Crippen LogP contribution in [0.4, 0.5) is 0 Å². The Bertz CT molecular complexity index is 44.3. The topological polar surface area (TPSA) is 26.0 Å². The summed E-state index contributed by atoms with van der Waals surface area (Å²) in [6.07, 6.45) is 2.19. The Morgan fingerprint density at radius 1 is 1.50 bits per heavy atom. The van der Waals surface area contributed by atoms with E-state index in [0.717, 1.165) is 12.5 Å². The van der Waals surface area contributed by atoms with Crippen molar-refractivity contribution in [3.05, 3.63) is 6.04 Å². The van der Waals surface area contributed by atoms with Crippen molar-refractivity contribution in [2.24, 2.45) is 11.7 Å². The fraction of sp³-hybridized carbons (Fsp3) is 0.857. The standard InChI is InChI=1S/C7H16N/c1-4-6(3)7(8)5-2/h6H,4-5,8H2,1-3H3. The second-order valence-corrected chi connectivity index (χ2v) is 2.24. The van der Waals surface area contributed by atoms with Gasteiger partial charge in [-0.25, -0.2) is 0 Å². The van der Waals surface area contributed by atoms with Crippen LogP contribution in [-0.2, 0) is 0 Å². The zero-order valence-electron chi connectivity index (χ0n) is 6.07. The highest BCUT2D eigenvalue weighted by Gasteiger charge is 2.07. The van der Waals surface area contributed by atoms with Gasteiger partial charge in [-0.05, 0) is 12.3 Å². The predicted molar refractivity (Wildman–Crippen MR) is 37.2 cm³/mol. The lowest BCUT2D eigenvalue weighted by atomic mass is 9.98. The molecule has 0 bridgehead atoms. The molecule has 1 heteroatoms. The monoisotopic (exact) mass is 114 g/mol. The largest absolute Gasteiger partial charge is 0.323 e. The smallest absolute Gasteiger partial charge is 0.0362 e. The van der Waals surface area contributed by atoms with E-state index < -0.39 is 0 Å². The van der Waals surface area contributed by atoms with Crippen molar-refractivity contribution >= 4 is 0 Å². The number of hydrogen-bond acceptors (Lipinski definition) is 1. The lowest BCUT2D eigenvalue weighted by Gasteiger charge is -2.13. The number of nitrogens with two attached hydrogens (primary N) is 1. The summed E-state index contributed by atoms with van der Waals surface area (Å²) in [5, 5.41) is 0. The minimum absolute atomic E-state index is 0.611. The van der Waals surface area contributed by atoms with Gasteiger partial charge >= 0.3 is 0 Å². The molecule has 1 unspecified atom stereocenters. The van der Waals surface area contributed by atoms with Crippen LogP contribution in [0.25, 0.3) is 0 Å². The average Bonchev–Trinajstić information content (AvgIpc) is 1.84. The van der Waals surface area contributed by atoms with E-state index in [1.165, 1.54) is 6.42 Å². The zero-order chi connectivity index (χ0) is 6.57. The fourth-order valence-corrected chi connectivity index (χ4v) is 0.611. The van der Waals surface area contributed by atoms with Crippen molar-refractivity contribution < 1.29 is 0 Å². The maximum atomic E-state index is 5.64. The quantitative estimate of drug-likeness (QED) is 0.596. The van der Waals surface area contributed by atoms with Crippen LogP contribution in [0.15, 0.2) is 0 Å². The molecule has 0 aromatic heterocycles. The highest BCUT2D eigenvalue weighted by Crippen LogP contribution is 2.13. The van der Waals surface area contributed by atoms with Crippen molar-refractivity contribution in [1.82, 2.24) is 0 Å². The SMILES string of the molecule is CC[C](N)C(C)CC. The Labute approximate surface area is 52.3 Å². The molecule has 1 nitrogen and oxygen atoms in total. The van der Waals surface area contributed by atoms with Gasteiger partial charge in [0.2, 0.25) is 0 Å². The average molecular weight is 114 g/mol. The predicted octanol–water partition coefficient (Wildman–Crippen LogP) is 1.93. The van der Waals surface area contributed by atoms with Crippen molar-refractivity contribution in [2.75, 3.05) is 0 Å². The molecule has 0 aliphatic heterocycles. The van der Waals surface area contributed by atoms with Crippen molar-refractivity contribution in [1.29, 1.82) is 0 Å². The molecule has 0 amide bonds. The fourth-order valence-electron chi connectivity index (χ4n) is 0.611. The van der Waals surface area contributed by atoms with Gasteiger partial charge in [0, 0.05) is 6.04 Å². The molecule has 8 heavy (non-hydrogen) atoms. The van der Waals surface area contributed by atoms with Gasteiger partial charge in [0.15, 0.2) is 0 Å². The molecule has 0 aliphatic rings. The third-order valence-corrected chi connectivity index (χ3v) is 1.65. The molecular formula is C7H16N. The molecule has 2 N–H and O–H groups in total. The first-order valence-corrected chi connectivity index (χ1v) is 3.33. The maximum absolute atomic E-state index is 5.64. The molecule has 49 valence electrons. The zero-order valence-corrected chi connectivity index (χ0v) is 6.07. The van der Waals surface area contributed by atoms with E-state index >= 15 is 0 Å². The van der Waals surface area contributed by atoms with Crippen LogP contribution in [0.1, 0.15) is 33.6 Å². The van der Waals surface area contributed by atoms with Crippen molar-refractivity contribution in [3.8, 4) is 0 Å². The lowest BCUT2D eigenvalue weighted by Crippen LogP contribution is -2.16. The number of rotatable bonds is 3. The highest BCUT2D eigenvalue weighted by atomic mass is 14.6. The van der Waals surface area contributed by atoms with E-state index in [-0.39, 0.29) is 0 Å². The Balaban J connectivity index is 3.29. The minimum atomic E-state index is 0.611. The van der Waals surface area contributed by atoms with Crippen molar-refractivity contribution in [3.63, 3.8) is 0 Å². The number of hydrogen-bond donors (Lipinski definition) is 1. The molecule has 0 spiro atoms. The third-order valence-electron chi connectivity index (χ3n) is 1.65. The van der Waals surface area contributed by atoms with E-state index in [2.05, 4.69) is 20.8 Å². The summed E-state index contributed by atoms with van der Waals surface area (Å²) in [6.45, 7) is 6.42. The molecule has 0 saturated carbocycles. The van der Waals surface area contributed by atoms with E-state index in [1.807, 2.05) is 0 Å². The molecule has 1 atom stereocenters. The first-order chi connectivity index (χ1) is 3.72. The van der Waals surface area contributed by atoms with E-state index in [0.29, 0.717) is 5.92 Å². The summed E-state index contributed by atoms with van der Waals surface area (Å²) in [5.74, 6) is 0.611. The molecule has 0 aromatic carbocycles. The van der Waals surface area contributed by atoms with Gasteiger partial charge in [0.05, 0.1) is 0 Å². The molecule has 0 rings (SSSR count). The van der Waals surface area contributed by atoms with Gasteiger partial charge in [0.1, 0.15) is 0 Å². The van der Waals surface area contributed by atoms with Gasteiger partial charge in [-0.2, -0.15) is 0 Å². The summed E-state index contributed by atoms with van der Waals surface area (Å²) >= 11 is 0. The Morgan fingerprint density at radius 2 is 2.00 bits per heavy atom. The Morgan fingerprint density at radius 3 is 2.12 bits per heavy atom. The van der Waals surface area contributed by atoms with Crippen LogP contribution < -0.4 is 5.73 Å². The summed E-state index contributed by atoms with van der Waals surface area (Å²) in [5.41, 5.74) is 5.64. The van der Waals surface area contributed by atoms with Crippen LogP contribution in [-0.4, -0.2) is 0 Å². The second kappa shape index (κ2) is 3.90. The first-order valence-electron chi connectivity index (χ1n) is 3.33. The molecule has 0 aliphatic carbocycles. The first kappa shape index (κ1) is 7.96. The molecule has 0 saturated heterocycles. The molecule has 0 aromatic rings. The minimum Gasteiger partial charge on any atom is -0.323 e. The van der Waals surface area contributed by atoms with Crippen molar-refractivity contribution in [2.45, 2.75) is 33.6 Å². The van der Waals surface area contributed by atoms with Gasteiger partial charge in [-0.1, -0.05) is 27.2 Å². The van der Waals surface area contributed by atoms with Crippen LogP contribution in [0.2, 0.25) is 0 Å². The van der Waals surface area contributed by atoms with E-state index in [4.69, 9.17) is 5.73 Å². The van der Waals surface area contributed by atoms with E-state index in [9.17, 15) is 0 Å². The molecule has 0 fully saturated rings. The van der Waals surface area contributed by atoms with Gasteiger partial charge in [-0.3, -0.25) is 0 Å². The molecule has 1 radical (unpaired) electrons. The normalized spacial score (nSPS) is 14.6. The van der Waals surface area contributed by atoms with Gasteiger partial charge < -0.3 is 5.73 Å². The lowest BCUT2D eigenvalue weighted by molar-refractivity contribution is 0.540. The van der Waals surface area contributed by atoms with Crippen LogP contribution in [0.3, 0.4) is 0 Å². The summed E-state index contributed by atoms with van der Waals surface area (Å²) in [6, 6.07) is 1.13. The van der Waals surface area contributed by atoms with Crippen LogP contribution in [0.5, 0.6) is 0 Å². The molecular weight excluding hydrogens is 98.1 g/mol. The Hall–Kier alpha value is -0.0400. The third kappa shape index (κ3) is 2.31. The molecule has 0 heterocycles. The van der Waals surface area contributed by atoms with Gasteiger partial charge in [0.25, 0.3) is 0 Å². The summed E-state index contributed by atoms with van der Waals surface area (Å²) in [7, 11) is 0. The second-order valence-electron chi connectivity index (χ2n) is 2.24. The summed E-state index contributed by atoms with van der Waals surface area (Å²) in [4.78, 5) is 0. The van der Waals surface area contributed by atoms with E-state index in [1.54, 1.807) is 0 Å². The van der Waals surface area contributed by atoms with Crippen LogP contribution in [0, 0.1) is 12.0 Å². The van der Waals surface area contributed by atoms with Gasteiger partial charge in [-0.15, -0.1) is 0 Å². The maximum Gasteiger partial charge on any atom is 0.0362 e. The summed E-state index contributed by atoms with van der Waals surface area (Å²) < 4.78 is 0. The Kier molecular flexibility index (Phi) is 3.88. The van der Waals surface area contributed by atoms with Crippen LogP contribution >= 0.6 is 0 Å². The highest BCUT2D eigenvalue weighted by molar-refractivity contribution is 4.84.